The van der Waals surface area contributed by atoms with Crippen LogP contribution in [0.5, 0.6) is 5.75 Å². The fourth-order valence-electron chi connectivity index (χ4n) is 4.23. The maximum absolute atomic E-state index is 14.7. The first-order valence-corrected chi connectivity index (χ1v) is 11.6. The van der Waals surface area contributed by atoms with Gasteiger partial charge in [0.2, 0.25) is 5.95 Å². The molecule has 2 N–H and O–H groups in total. The summed E-state index contributed by atoms with van der Waals surface area (Å²) in [5, 5.41) is 2.79. The molecule has 0 unspecified atom stereocenters. The molecule has 1 aliphatic carbocycles. The van der Waals surface area contributed by atoms with E-state index in [-0.39, 0.29) is 34.6 Å². The molecule has 11 heteroatoms. The molecule has 188 valence electrons. The number of alkyl halides is 2. The highest BCUT2D eigenvalue weighted by Gasteiger charge is 2.25. The van der Waals surface area contributed by atoms with Crippen molar-refractivity contribution in [1.82, 2.24) is 25.2 Å². The summed E-state index contributed by atoms with van der Waals surface area (Å²) in [7, 11) is 0. The predicted molar refractivity (Wildman–Crippen MR) is 126 cm³/mol. The smallest absolute Gasteiger partial charge is 0.387 e. The van der Waals surface area contributed by atoms with Gasteiger partial charge in [0.25, 0.3) is 11.5 Å². The Morgan fingerprint density at radius 2 is 2.08 bits per heavy atom. The zero-order valence-corrected chi connectivity index (χ0v) is 19.5. The molecule has 8 nitrogen and oxygen atoms in total. The predicted octanol–water partition coefficient (Wildman–Crippen LogP) is 3.55. The van der Waals surface area contributed by atoms with E-state index in [9.17, 15) is 22.8 Å². The number of ether oxygens (including phenoxy) is 1. The number of amides is 1. The molecule has 0 saturated heterocycles. The molecule has 3 aromatic rings. The molecule has 1 saturated carbocycles. The number of aryl methyl sites for hydroxylation is 1. The normalized spacial score (nSPS) is 16.3. The van der Waals surface area contributed by atoms with E-state index in [0.717, 1.165) is 18.4 Å². The van der Waals surface area contributed by atoms with Crippen molar-refractivity contribution in [2.24, 2.45) is 0 Å². The number of rotatable bonds is 7. The lowest BCUT2D eigenvalue weighted by Crippen LogP contribution is -2.28. The standard InChI is InChI=1S/C25H24F3N5O3/c1-13-23(34)32-19-10-14(11-20(21(19)29-13)36-25(27)28)12-33-8-6-15(7-9-33)17-4-5-18(31-22(17)26)24(35)30-16-2-3-16/h4-6,10-11,16,25H,2-3,7-9,12H2,1H3,(H,30,35)(H,32,34). The first-order valence-electron chi connectivity index (χ1n) is 11.6. The van der Waals surface area contributed by atoms with E-state index in [1.54, 1.807) is 12.1 Å². The van der Waals surface area contributed by atoms with Crippen LogP contribution in [0.1, 0.15) is 46.6 Å². The number of carbonyl (C=O) groups excluding carboxylic acids is 1. The van der Waals surface area contributed by atoms with Crippen LogP contribution in [0, 0.1) is 12.9 Å². The van der Waals surface area contributed by atoms with Gasteiger partial charge in [-0.05, 0) is 61.6 Å². The first kappa shape index (κ1) is 24.0. The zero-order chi connectivity index (χ0) is 25.4. The van der Waals surface area contributed by atoms with Crippen LogP contribution < -0.4 is 15.6 Å². The van der Waals surface area contributed by atoms with Crippen LogP contribution in [-0.4, -0.2) is 51.5 Å². The minimum absolute atomic E-state index is 0.0574. The number of aromatic amines is 1. The number of aromatic nitrogens is 3. The number of H-pyrrole nitrogens is 1. The van der Waals surface area contributed by atoms with E-state index in [1.807, 2.05) is 6.08 Å². The SMILES string of the molecule is Cc1nc2c(OC(F)F)cc(CN3CC=C(c4ccc(C(=O)NC5CC5)nc4F)CC3)cc2[nH]c1=O. The van der Waals surface area contributed by atoms with E-state index in [0.29, 0.717) is 42.7 Å². The largest absolute Gasteiger partial charge is 0.432 e. The molecule has 1 aliphatic heterocycles. The quantitative estimate of drug-likeness (QED) is 0.483. The van der Waals surface area contributed by atoms with Gasteiger partial charge in [0, 0.05) is 31.2 Å². The van der Waals surface area contributed by atoms with Crippen LogP contribution in [0.25, 0.3) is 16.6 Å². The third-order valence-electron chi connectivity index (χ3n) is 6.25. The molecule has 0 radical (unpaired) electrons. The molecule has 2 aromatic heterocycles. The van der Waals surface area contributed by atoms with E-state index >= 15 is 0 Å². The van der Waals surface area contributed by atoms with Crippen molar-refractivity contribution in [3.63, 3.8) is 0 Å². The van der Waals surface area contributed by atoms with Gasteiger partial charge in [0.15, 0.2) is 5.75 Å². The third kappa shape index (κ3) is 5.25. The molecule has 0 atom stereocenters. The van der Waals surface area contributed by atoms with Crippen molar-refractivity contribution in [3.8, 4) is 5.75 Å². The lowest BCUT2D eigenvalue weighted by atomic mass is 10.00. The average molecular weight is 499 g/mol. The average Bonchev–Trinajstić information content (AvgIpc) is 3.64. The number of hydrogen-bond acceptors (Lipinski definition) is 6. The molecule has 5 rings (SSSR count). The summed E-state index contributed by atoms with van der Waals surface area (Å²) in [4.78, 5) is 36.8. The number of carbonyl (C=O) groups is 1. The van der Waals surface area contributed by atoms with Crippen molar-refractivity contribution < 1.29 is 22.7 Å². The second-order valence-corrected chi connectivity index (χ2v) is 9.02. The summed E-state index contributed by atoms with van der Waals surface area (Å²) in [5.41, 5.74) is 2.09. The van der Waals surface area contributed by atoms with Crippen LogP contribution >= 0.6 is 0 Å². The third-order valence-corrected chi connectivity index (χ3v) is 6.25. The summed E-state index contributed by atoms with van der Waals surface area (Å²) >= 11 is 0. The molecule has 1 aromatic carbocycles. The lowest BCUT2D eigenvalue weighted by molar-refractivity contribution is -0.0489. The Morgan fingerprint density at radius 3 is 2.75 bits per heavy atom. The van der Waals surface area contributed by atoms with Crippen molar-refractivity contribution in [1.29, 1.82) is 0 Å². The van der Waals surface area contributed by atoms with Crippen LogP contribution in [0.2, 0.25) is 0 Å². The molecule has 1 fully saturated rings. The fraction of sp³-hybridized carbons (Fsp3) is 0.360. The number of fused-ring (bicyclic) bond motifs is 1. The molecule has 36 heavy (non-hydrogen) atoms. The van der Waals surface area contributed by atoms with E-state index in [1.165, 1.54) is 19.1 Å². The monoisotopic (exact) mass is 499 g/mol. The van der Waals surface area contributed by atoms with Gasteiger partial charge in [-0.25, -0.2) is 9.97 Å². The highest BCUT2D eigenvalue weighted by atomic mass is 19.3. The molecule has 0 bridgehead atoms. The summed E-state index contributed by atoms with van der Waals surface area (Å²) in [6.45, 7) is -0.0699. The number of hydrogen-bond donors (Lipinski definition) is 2. The Morgan fingerprint density at radius 1 is 1.28 bits per heavy atom. The summed E-state index contributed by atoms with van der Waals surface area (Å²) in [5.74, 6) is -1.17. The van der Waals surface area contributed by atoms with Gasteiger partial charge in [0.1, 0.15) is 16.9 Å². The topological polar surface area (TPSA) is 100 Å². The lowest BCUT2D eigenvalue weighted by Gasteiger charge is -2.27. The molecule has 3 heterocycles. The van der Waals surface area contributed by atoms with E-state index in [4.69, 9.17) is 0 Å². The highest BCUT2D eigenvalue weighted by Crippen LogP contribution is 2.29. The number of nitrogens with one attached hydrogen (secondary N) is 2. The van der Waals surface area contributed by atoms with Crippen molar-refractivity contribution in [2.45, 2.75) is 45.4 Å². The van der Waals surface area contributed by atoms with Crippen LogP contribution in [0.15, 0.2) is 35.1 Å². The van der Waals surface area contributed by atoms with E-state index in [2.05, 4.69) is 29.9 Å². The maximum atomic E-state index is 14.7. The summed E-state index contributed by atoms with van der Waals surface area (Å²) in [6.07, 6.45) is 4.30. The van der Waals surface area contributed by atoms with Crippen LogP contribution in [0.4, 0.5) is 13.2 Å². The minimum Gasteiger partial charge on any atom is -0.432 e. The van der Waals surface area contributed by atoms with Gasteiger partial charge >= 0.3 is 6.61 Å². The molecule has 1 amide bonds. The van der Waals surface area contributed by atoms with E-state index < -0.39 is 18.1 Å². The number of halogens is 3. The van der Waals surface area contributed by atoms with Gasteiger partial charge in [-0.1, -0.05) is 6.08 Å². The first-order chi connectivity index (χ1) is 17.3. The number of benzene rings is 1. The molecular formula is C25H24F3N5O3. The van der Waals surface area contributed by atoms with Gasteiger partial charge in [-0.2, -0.15) is 13.2 Å². The Bertz CT molecular complexity index is 1420. The van der Waals surface area contributed by atoms with Gasteiger partial charge < -0.3 is 15.0 Å². The minimum atomic E-state index is -3.03. The van der Waals surface area contributed by atoms with Gasteiger partial charge in [-0.3, -0.25) is 14.5 Å². The van der Waals surface area contributed by atoms with Crippen molar-refractivity contribution in [2.75, 3.05) is 13.1 Å². The fourth-order valence-corrected chi connectivity index (χ4v) is 4.23. The van der Waals surface area contributed by atoms with Crippen molar-refractivity contribution in [3.05, 3.63) is 69.2 Å². The van der Waals surface area contributed by atoms with Crippen molar-refractivity contribution >= 4 is 22.5 Å². The van der Waals surface area contributed by atoms with Crippen LogP contribution in [0.3, 0.4) is 0 Å². The summed E-state index contributed by atoms with van der Waals surface area (Å²) in [6, 6.07) is 6.45. The second-order valence-electron chi connectivity index (χ2n) is 9.02. The Balaban J connectivity index is 1.31. The maximum Gasteiger partial charge on any atom is 0.387 e. The van der Waals surface area contributed by atoms with Crippen LogP contribution in [-0.2, 0) is 6.54 Å². The van der Waals surface area contributed by atoms with Gasteiger partial charge in [0.05, 0.1) is 5.52 Å². The van der Waals surface area contributed by atoms with Gasteiger partial charge in [-0.15, -0.1) is 0 Å². The molecular weight excluding hydrogens is 475 g/mol. The molecule has 2 aliphatic rings. The Kier molecular flexibility index (Phi) is 6.48. The molecule has 0 spiro atoms. The number of nitrogens with zero attached hydrogens (tertiary/aromatic N) is 3. The highest BCUT2D eigenvalue weighted by molar-refractivity contribution is 5.93. The zero-order valence-electron chi connectivity index (χ0n) is 19.5. The summed E-state index contributed by atoms with van der Waals surface area (Å²) < 4.78 is 45.3. The number of pyridine rings is 1. The Labute approximate surface area is 204 Å². The Hall–Kier alpha value is -3.73. The second kappa shape index (κ2) is 9.73.